The standard InChI is InChI=1S/C29H30F3N5OS/c1-36-12-14-37(15-13-36)19-21-7-8-22(17-25(21)29(30,31)32)33-27(38)11-16-39-23-9-10-24-26(18-23)34-35-28(24)20-5-3-2-4-6-20/h2-10,17-18H,11-16,19H2,1H3,(H,33,38)(H,34,35). The van der Waals surface area contributed by atoms with Crippen molar-refractivity contribution in [2.45, 2.75) is 24.0 Å². The number of hydrogen-bond donors (Lipinski definition) is 2. The van der Waals surface area contributed by atoms with Crippen LogP contribution in [0, 0.1) is 0 Å². The minimum atomic E-state index is -4.50. The van der Waals surface area contributed by atoms with E-state index in [1.54, 1.807) is 6.07 Å². The molecular weight excluding hydrogens is 523 g/mol. The van der Waals surface area contributed by atoms with E-state index in [9.17, 15) is 18.0 Å². The lowest BCUT2D eigenvalue weighted by Gasteiger charge is -2.33. The molecule has 0 saturated carbocycles. The van der Waals surface area contributed by atoms with Crippen molar-refractivity contribution in [3.8, 4) is 11.3 Å². The maximum Gasteiger partial charge on any atom is 0.416 e. The molecule has 3 aromatic carbocycles. The average Bonchev–Trinajstić information content (AvgIpc) is 3.34. The molecule has 2 heterocycles. The first-order chi connectivity index (χ1) is 18.8. The maximum atomic E-state index is 13.8. The number of nitrogens with one attached hydrogen (secondary N) is 2. The number of H-pyrrole nitrogens is 1. The highest BCUT2D eigenvalue weighted by Crippen LogP contribution is 2.35. The molecule has 6 nitrogen and oxygen atoms in total. The fourth-order valence-electron chi connectivity index (χ4n) is 4.69. The first kappa shape index (κ1) is 27.2. The van der Waals surface area contributed by atoms with Gasteiger partial charge < -0.3 is 10.2 Å². The van der Waals surface area contributed by atoms with Crippen LogP contribution in [0.15, 0.2) is 71.6 Å². The van der Waals surface area contributed by atoms with Crippen molar-refractivity contribution in [2.24, 2.45) is 0 Å². The van der Waals surface area contributed by atoms with Crippen molar-refractivity contribution in [3.63, 3.8) is 0 Å². The van der Waals surface area contributed by atoms with E-state index in [4.69, 9.17) is 0 Å². The number of fused-ring (bicyclic) bond motifs is 1. The number of carbonyl (C=O) groups excluding carboxylic acids is 1. The highest BCUT2D eigenvalue weighted by Gasteiger charge is 2.34. The second-order valence-electron chi connectivity index (χ2n) is 9.74. The van der Waals surface area contributed by atoms with E-state index in [2.05, 4.69) is 20.4 Å². The molecule has 10 heteroatoms. The molecular formula is C29H30F3N5OS. The third kappa shape index (κ3) is 6.81. The van der Waals surface area contributed by atoms with Gasteiger partial charge in [-0.05, 0) is 42.9 Å². The molecule has 4 aromatic rings. The summed E-state index contributed by atoms with van der Waals surface area (Å²) in [5.41, 5.74) is 2.50. The highest BCUT2D eigenvalue weighted by atomic mass is 32.2. The Morgan fingerprint density at radius 2 is 1.79 bits per heavy atom. The summed E-state index contributed by atoms with van der Waals surface area (Å²) in [6, 6.07) is 20.0. The number of hydrogen-bond acceptors (Lipinski definition) is 5. The number of aromatic nitrogens is 2. The second-order valence-corrected chi connectivity index (χ2v) is 10.9. The van der Waals surface area contributed by atoms with Gasteiger partial charge in [0.1, 0.15) is 0 Å². The van der Waals surface area contributed by atoms with Crippen LogP contribution in [0.3, 0.4) is 0 Å². The van der Waals surface area contributed by atoms with Crippen LogP contribution in [-0.2, 0) is 17.5 Å². The minimum absolute atomic E-state index is 0.159. The van der Waals surface area contributed by atoms with Gasteiger partial charge in [0.15, 0.2) is 0 Å². The van der Waals surface area contributed by atoms with Gasteiger partial charge in [-0.15, -0.1) is 11.8 Å². The summed E-state index contributed by atoms with van der Waals surface area (Å²) in [5, 5.41) is 11.2. The van der Waals surface area contributed by atoms with Gasteiger partial charge in [0.25, 0.3) is 0 Å². The van der Waals surface area contributed by atoms with Gasteiger partial charge in [0, 0.05) is 66.4 Å². The quantitative estimate of drug-likeness (QED) is 0.258. The Morgan fingerprint density at radius 1 is 1.03 bits per heavy atom. The molecule has 0 atom stereocenters. The van der Waals surface area contributed by atoms with Crippen molar-refractivity contribution in [1.82, 2.24) is 20.0 Å². The van der Waals surface area contributed by atoms with E-state index >= 15 is 0 Å². The summed E-state index contributed by atoms with van der Waals surface area (Å²) in [6.45, 7) is 3.36. The number of thioether (sulfide) groups is 1. The SMILES string of the molecule is CN1CCN(Cc2ccc(NC(=O)CCSc3ccc4c(-c5ccccc5)n[nH]c4c3)cc2C(F)(F)F)CC1. The molecule has 0 bridgehead atoms. The second kappa shape index (κ2) is 11.8. The first-order valence-corrected chi connectivity index (χ1v) is 13.8. The van der Waals surface area contributed by atoms with Gasteiger partial charge in [-0.1, -0.05) is 36.4 Å². The van der Waals surface area contributed by atoms with Gasteiger partial charge in [0.2, 0.25) is 5.91 Å². The summed E-state index contributed by atoms with van der Waals surface area (Å²) in [7, 11) is 2.01. The number of halogens is 3. The Balaban J connectivity index is 1.17. The van der Waals surface area contributed by atoms with Crippen LogP contribution < -0.4 is 5.32 Å². The molecule has 1 aromatic heterocycles. The van der Waals surface area contributed by atoms with Crippen LogP contribution in [0.4, 0.5) is 18.9 Å². The monoisotopic (exact) mass is 553 g/mol. The number of rotatable bonds is 8. The Hall–Kier alpha value is -3.34. The van der Waals surface area contributed by atoms with Gasteiger partial charge in [0.05, 0.1) is 16.8 Å². The van der Waals surface area contributed by atoms with Crippen molar-refractivity contribution in [2.75, 3.05) is 44.3 Å². The topological polar surface area (TPSA) is 64.3 Å². The van der Waals surface area contributed by atoms with Gasteiger partial charge in [-0.3, -0.25) is 14.8 Å². The molecule has 1 amide bonds. The number of aromatic amines is 1. The Kier molecular flexibility index (Phi) is 8.25. The molecule has 1 saturated heterocycles. The molecule has 1 aliphatic rings. The van der Waals surface area contributed by atoms with Crippen LogP contribution >= 0.6 is 11.8 Å². The molecule has 1 aliphatic heterocycles. The zero-order valence-electron chi connectivity index (χ0n) is 21.6. The van der Waals surface area contributed by atoms with Gasteiger partial charge in [-0.2, -0.15) is 18.3 Å². The largest absolute Gasteiger partial charge is 0.416 e. The number of piperazine rings is 1. The van der Waals surface area contributed by atoms with E-state index in [-0.39, 0.29) is 30.1 Å². The Morgan fingerprint density at radius 3 is 2.54 bits per heavy atom. The lowest BCUT2D eigenvalue weighted by molar-refractivity contribution is -0.138. The summed E-state index contributed by atoms with van der Waals surface area (Å²) in [6.07, 6.45) is -4.32. The lowest BCUT2D eigenvalue weighted by atomic mass is 10.0. The number of carbonyl (C=O) groups is 1. The smallest absolute Gasteiger partial charge is 0.326 e. The number of likely N-dealkylation sites (N-methyl/N-ethyl adjacent to an activating group) is 1. The molecule has 2 N–H and O–H groups in total. The molecule has 39 heavy (non-hydrogen) atoms. The van der Waals surface area contributed by atoms with Crippen molar-refractivity contribution < 1.29 is 18.0 Å². The van der Waals surface area contributed by atoms with Crippen LogP contribution in [0.25, 0.3) is 22.2 Å². The van der Waals surface area contributed by atoms with E-state index in [0.717, 1.165) is 59.3 Å². The predicted molar refractivity (Wildman–Crippen MR) is 150 cm³/mol. The summed E-state index contributed by atoms with van der Waals surface area (Å²) in [5.74, 6) is 0.168. The number of anilines is 1. The van der Waals surface area contributed by atoms with Crippen molar-refractivity contribution in [1.29, 1.82) is 0 Å². The highest BCUT2D eigenvalue weighted by molar-refractivity contribution is 7.99. The van der Waals surface area contributed by atoms with Crippen molar-refractivity contribution >= 4 is 34.3 Å². The fraction of sp³-hybridized carbons (Fsp3) is 0.310. The zero-order chi connectivity index (χ0) is 27.4. The average molecular weight is 554 g/mol. The normalized spacial score (nSPS) is 15.1. The molecule has 5 rings (SSSR count). The van der Waals surface area contributed by atoms with Crippen LogP contribution in [0.2, 0.25) is 0 Å². The van der Waals surface area contributed by atoms with Gasteiger partial charge in [-0.25, -0.2) is 0 Å². The number of benzene rings is 3. The van der Waals surface area contributed by atoms with Crippen LogP contribution in [0.1, 0.15) is 17.5 Å². The molecule has 1 fully saturated rings. The summed E-state index contributed by atoms with van der Waals surface area (Å²) < 4.78 is 41.5. The van der Waals surface area contributed by atoms with Crippen LogP contribution in [0.5, 0.6) is 0 Å². The van der Waals surface area contributed by atoms with Crippen molar-refractivity contribution in [3.05, 3.63) is 77.9 Å². The predicted octanol–water partition coefficient (Wildman–Crippen LogP) is 6.12. The third-order valence-corrected chi connectivity index (χ3v) is 7.86. The Labute approximate surface area is 229 Å². The molecule has 204 valence electrons. The Bertz CT molecular complexity index is 1430. The summed E-state index contributed by atoms with van der Waals surface area (Å²) in [4.78, 5) is 17.7. The van der Waals surface area contributed by atoms with E-state index in [1.807, 2.05) is 60.5 Å². The first-order valence-electron chi connectivity index (χ1n) is 12.8. The maximum absolute atomic E-state index is 13.8. The van der Waals surface area contributed by atoms with Gasteiger partial charge >= 0.3 is 6.18 Å². The fourth-order valence-corrected chi connectivity index (χ4v) is 5.58. The number of amides is 1. The number of nitrogens with zero attached hydrogens (tertiary/aromatic N) is 3. The van der Waals surface area contributed by atoms with E-state index in [0.29, 0.717) is 5.75 Å². The van der Waals surface area contributed by atoms with E-state index < -0.39 is 11.7 Å². The third-order valence-electron chi connectivity index (χ3n) is 6.87. The summed E-state index contributed by atoms with van der Waals surface area (Å²) >= 11 is 1.51. The molecule has 0 radical (unpaired) electrons. The number of alkyl halides is 3. The molecule has 0 aliphatic carbocycles. The zero-order valence-corrected chi connectivity index (χ0v) is 22.4. The van der Waals surface area contributed by atoms with Crippen LogP contribution in [-0.4, -0.2) is 64.9 Å². The van der Waals surface area contributed by atoms with E-state index in [1.165, 1.54) is 17.8 Å². The molecule has 0 unspecified atom stereocenters. The minimum Gasteiger partial charge on any atom is -0.326 e. The lowest BCUT2D eigenvalue weighted by Crippen LogP contribution is -2.44. The molecule has 0 spiro atoms.